The number of likely N-dealkylation sites (tertiary alicyclic amines) is 1. The second-order valence-corrected chi connectivity index (χ2v) is 5.17. The molecule has 0 saturated carbocycles. The number of carbonyl (C=O) groups excluding carboxylic acids is 2. The topological polar surface area (TPSA) is 98.7 Å². The number of urea groups is 1. The molecule has 1 rings (SSSR count). The Hall–Kier alpha value is -1.79. The number of rotatable bonds is 5. The molecule has 0 radical (unpaired) electrons. The van der Waals surface area contributed by atoms with Gasteiger partial charge in [0.15, 0.2) is 0 Å². The van der Waals surface area contributed by atoms with Gasteiger partial charge in [-0.05, 0) is 12.3 Å². The molecule has 1 aliphatic rings. The van der Waals surface area contributed by atoms with Gasteiger partial charge in [-0.15, -0.1) is 0 Å². The second kappa shape index (κ2) is 6.40. The average Bonchev–Trinajstić information content (AvgIpc) is 2.59. The molecular weight excluding hydrogens is 250 g/mol. The largest absolute Gasteiger partial charge is 0.481 e. The van der Waals surface area contributed by atoms with E-state index in [-0.39, 0.29) is 18.2 Å². The Bertz CT molecular complexity index is 370. The fraction of sp³-hybridized carbons (Fsp3) is 0.750. The molecule has 1 heterocycles. The summed E-state index contributed by atoms with van der Waals surface area (Å²) in [6.07, 6.45) is 0.442. The summed E-state index contributed by atoms with van der Waals surface area (Å²) in [6, 6.07) is -1.46. The minimum Gasteiger partial charge on any atom is -0.481 e. The highest BCUT2D eigenvalue weighted by Gasteiger charge is 2.31. The lowest BCUT2D eigenvalue weighted by Crippen LogP contribution is -2.50. The molecule has 2 unspecified atom stereocenters. The highest BCUT2D eigenvalue weighted by molar-refractivity contribution is 5.88. The van der Waals surface area contributed by atoms with Crippen molar-refractivity contribution in [2.24, 2.45) is 5.92 Å². The first kappa shape index (κ1) is 15.3. The number of nitrogens with one attached hydrogen (secondary N) is 2. The van der Waals surface area contributed by atoms with Crippen LogP contribution < -0.4 is 10.6 Å². The molecule has 1 fully saturated rings. The molecule has 0 aromatic carbocycles. The van der Waals surface area contributed by atoms with Crippen LogP contribution in [0.1, 0.15) is 26.7 Å². The number of aliphatic carboxylic acids is 1. The van der Waals surface area contributed by atoms with Gasteiger partial charge in [-0.2, -0.15) is 0 Å². The zero-order valence-corrected chi connectivity index (χ0v) is 11.5. The van der Waals surface area contributed by atoms with Crippen LogP contribution in [0, 0.1) is 5.92 Å². The van der Waals surface area contributed by atoms with Crippen molar-refractivity contribution in [3.63, 3.8) is 0 Å². The summed E-state index contributed by atoms with van der Waals surface area (Å²) in [6.45, 7) is 4.29. The molecule has 3 amide bonds. The highest BCUT2D eigenvalue weighted by atomic mass is 16.4. The molecule has 0 spiro atoms. The van der Waals surface area contributed by atoms with Gasteiger partial charge in [-0.1, -0.05) is 13.8 Å². The molecule has 1 saturated heterocycles. The predicted octanol–water partition coefficient (Wildman–Crippen LogP) is 0.0156. The minimum atomic E-state index is -0.962. The van der Waals surface area contributed by atoms with E-state index in [1.54, 1.807) is 11.9 Å². The third kappa shape index (κ3) is 4.42. The lowest BCUT2D eigenvalue weighted by atomic mass is 10.0. The number of nitrogens with zero attached hydrogens (tertiary/aromatic N) is 1. The lowest BCUT2D eigenvalue weighted by molar-refractivity contribution is -0.137. The minimum absolute atomic E-state index is 0.00352. The van der Waals surface area contributed by atoms with Crippen LogP contribution in [0.4, 0.5) is 4.79 Å². The molecule has 0 bridgehead atoms. The molecule has 7 nitrogen and oxygen atoms in total. The summed E-state index contributed by atoms with van der Waals surface area (Å²) >= 11 is 0. The van der Waals surface area contributed by atoms with Gasteiger partial charge in [0.05, 0.1) is 6.42 Å². The van der Waals surface area contributed by atoms with Crippen molar-refractivity contribution >= 4 is 17.9 Å². The Labute approximate surface area is 112 Å². The van der Waals surface area contributed by atoms with Gasteiger partial charge in [0.25, 0.3) is 0 Å². The summed E-state index contributed by atoms with van der Waals surface area (Å²) in [5.74, 6) is -1.08. The van der Waals surface area contributed by atoms with E-state index in [1.165, 1.54) is 0 Å². The molecule has 19 heavy (non-hydrogen) atoms. The Morgan fingerprint density at radius 1 is 1.47 bits per heavy atom. The number of likely N-dealkylation sites (N-methyl/N-ethyl adjacent to an activating group) is 1. The standard InChI is InChI=1S/C12H21N3O4/c1-7(2)9(6-10(16)17)14-12(19)13-8-4-5-15(3)11(8)18/h7-9H,4-6H2,1-3H3,(H,16,17)(H2,13,14,19). The maximum Gasteiger partial charge on any atom is 0.315 e. The first-order valence-electron chi connectivity index (χ1n) is 6.35. The van der Waals surface area contributed by atoms with E-state index in [9.17, 15) is 14.4 Å². The van der Waals surface area contributed by atoms with E-state index in [2.05, 4.69) is 10.6 Å². The predicted molar refractivity (Wildman–Crippen MR) is 68.6 cm³/mol. The summed E-state index contributed by atoms with van der Waals surface area (Å²) in [7, 11) is 1.68. The van der Waals surface area contributed by atoms with Crippen LogP contribution in [0.15, 0.2) is 0 Å². The number of hydrogen-bond donors (Lipinski definition) is 3. The third-order valence-corrected chi connectivity index (χ3v) is 3.25. The fourth-order valence-corrected chi connectivity index (χ4v) is 1.97. The van der Waals surface area contributed by atoms with Crippen LogP contribution in [0.3, 0.4) is 0 Å². The number of carbonyl (C=O) groups is 3. The van der Waals surface area contributed by atoms with Gasteiger partial charge < -0.3 is 20.6 Å². The van der Waals surface area contributed by atoms with Crippen LogP contribution in [-0.4, -0.2) is 53.6 Å². The van der Waals surface area contributed by atoms with Gasteiger partial charge in [0.2, 0.25) is 5.91 Å². The summed E-state index contributed by atoms with van der Waals surface area (Å²) < 4.78 is 0. The van der Waals surface area contributed by atoms with Crippen LogP contribution in [0.25, 0.3) is 0 Å². The summed E-state index contributed by atoms with van der Waals surface area (Å²) in [5.41, 5.74) is 0. The average molecular weight is 271 g/mol. The quantitative estimate of drug-likeness (QED) is 0.656. The zero-order valence-electron chi connectivity index (χ0n) is 11.5. The van der Waals surface area contributed by atoms with Gasteiger partial charge in [-0.25, -0.2) is 4.79 Å². The highest BCUT2D eigenvalue weighted by Crippen LogP contribution is 2.09. The van der Waals surface area contributed by atoms with Crippen LogP contribution in [0.5, 0.6) is 0 Å². The van der Waals surface area contributed by atoms with Crippen LogP contribution >= 0.6 is 0 Å². The van der Waals surface area contributed by atoms with E-state index in [0.717, 1.165) is 0 Å². The molecule has 108 valence electrons. The van der Waals surface area contributed by atoms with Crippen molar-refractivity contribution in [2.75, 3.05) is 13.6 Å². The van der Waals surface area contributed by atoms with Crippen molar-refractivity contribution in [3.8, 4) is 0 Å². The fourth-order valence-electron chi connectivity index (χ4n) is 1.97. The first-order chi connectivity index (χ1) is 8.81. The molecule has 0 aliphatic carbocycles. The number of carboxylic acids is 1. The van der Waals surface area contributed by atoms with E-state index in [0.29, 0.717) is 13.0 Å². The third-order valence-electron chi connectivity index (χ3n) is 3.25. The first-order valence-corrected chi connectivity index (χ1v) is 6.35. The zero-order chi connectivity index (χ0) is 14.6. The maximum atomic E-state index is 11.8. The van der Waals surface area contributed by atoms with Crippen molar-refractivity contribution in [1.82, 2.24) is 15.5 Å². The molecular formula is C12H21N3O4. The Kier molecular flexibility index (Phi) is 5.14. The monoisotopic (exact) mass is 271 g/mol. The van der Waals surface area contributed by atoms with Crippen LogP contribution in [-0.2, 0) is 9.59 Å². The van der Waals surface area contributed by atoms with Gasteiger partial charge in [-0.3, -0.25) is 9.59 Å². The van der Waals surface area contributed by atoms with E-state index < -0.39 is 24.1 Å². The molecule has 3 N–H and O–H groups in total. The van der Waals surface area contributed by atoms with E-state index in [1.807, 2.05) is 13.8 Å². The molecule has 0 aromatic heterocycles. The Morgan fingerprint density at radius 3 is 2.53 bits per heavy atom. The van der Waals surface area contributed by atoms with E-state index >= 15 is 0 Å². The Balaban J connectivity index is 2.49. The van der Waals surface area contributed by atoms with Crippen molar-refractivity contribution in [3.05, 3.63) is 0 Å². The number of carboxylic acid groups (broad SMARTS) is 1. The maximum absolute atomic E-state index is 11.8. The van der Waals surface area contributed by atoms with Gasteiger partial charge in [0.1, 0.15) is 6.04 Å². The molecule has 7 heteroatoms. The smallest absolute Gasteiger partial charge is 0.315 e. The molecule has 2 atom stereocenters. The number of hydrogen-bond acceptors (Lipinski definition) is 3. The lowest BCUT2D eigenvalue weighted by Gasteiger charge is -2.22. The second-order valence-electron chi connectivity index (χ2n) is 5.17. The SMILES string of the molecule is CC(C)C(CC(=O)O)NC(=O)NC1CCN(C)C1=O. The van der Waals surface area contributed by atoms with Crippen molar-refractivity contribution in [2.45, 2.75) is 38.8 Å². The van der Waals surface area contributed by atoms with Crippen molar-refractivity contribution < 1.29 is 19.5 Å². The summed E-state index contributed by atoms with van der Waals surface area (Å²) in [5, 5.41) is 14.0. The van der Waals surface area contributed by atoms with E-state index in [4.69, 9.17) is 5.11 Å². The number of amides is 3. The molecule has 0 aromatic rings. The molecule has 1 aliphatic heterocycles. The Morgan fingerprint density at radius 2 is 2.11 bits per heavy atom. The van der Waals surface area contributed by atoms with Gasteiger partial charge in [0, 0.05) is 19.6 Å². The normalized spacial score (nSPS) is 20.5. The van der Waals surface area contributed by atoms with Crippen LogP contribution in [0.2, 0.25) is 0 Å². The van der Waals surface area contributed by atoms with Crippen molar-refractivity contribution in [1.29, 1.82) is 0 Å². The van der Waals surface area contributed by atoms with Gasteiger partial charge >= 0.3 is 12.0 Å². The summed E-state index contributed by atoms with van der Waals surface area (Å²) in [4.78, 5) is 35.6.